The van der Waals surface area contributed by atoms with Gasteiger partial charge in [0, 0.05) is 18.2 Å². The molecular weight excluding hydrogens is 388 g/mol. The van der Waals surface area contributed by atoms with Crippen molar-refractivity contribution in [1.82, 2.24) is 10.3 Å². The Morgan fingerprint density at radius 3 is 2.40 bits per heavy atom. The number of aromatic nitrogens is 1. The third-order valence-electron chi connectivity index (χ3n) is 5.00. The van der Waals surface area contributed by atoms with Crippen LogP contribution in [0, 0.1) is 6.92 Å². The molecular formula is C22H28N2O6. The molecule has 162 valence electrons. The predicted octanol–water partition coefficient (Wildman–Crippen LogP) is 2.97. The van der Waals surface area contributed by atoms with Gasteiger partial charge >= 0.3 is 5.97 Å². The van der Waals surface area contributed by atoms with Crippen LogP contribution >= 0.6 is 0 Å². The standard InChI is InChI=1S/C22H28N2O6/c1-12-11-16(28-5)7-8-17(12)13(2)15(4)30-22(27)14(3)24-21(26)19-20(25)18(29-6)9-10-23-19/h7-11,13-15,25H,1-6H3,(H,24,26)/t13-,14-,15+/m1/s1. The molecule has 0 fully saturated rings. The molecule has 0 aliphatic carbocycles. The van der Waals surface area contributed by atoms with E-state index in [0.717, 1.165) is 16.9 Å². The molecule has 0 spiro atoms. The number of methoxy groups -OCH3 is 2. The Hall–Kier alpha value is -3.29. The molecule has 0 radical (unpaired) electrons. The van der Waals surface area contributed by atoms with E-state index in [2.05, 4.69) is 10.3 Å². The third kappa shape index (κ3) is 5.20. The van der Waals surface area contributed by atoms with E-state index >= 15 is 0 Å². The van der Waals surface area contributed by atoms with Gasteiger partial charge in [0.2, 0.25) is 0 Å². The van der Waals surface area contributed by atoms with E-state index in [1.54, 1.807) is 14.0 Å². The minimum absolute atomic E-state index is 0.0631. The predicted molar refractivity (Wildman–Crippen MR) is 111 cm³/mol. The van der Waals surface area contributed by atoms with E-state index in [4.69, 9.17) is 14.2 Å². The maximum Gasteiger partial charge on any atom is 0.328 e. The van der Waals surface area contributed by atoms with Crippen molar-refractivity contribution in [3.8, 4) is 17.2 Å². The molecule has 1 amide bonds. The van der Waals surface area contributed by atoms with Gasteiger partial charge in [0.15, 0.2) is 17.2 Å². The van der Waals surface area contributed by atoms with Gasteiger partial charge in [-0.15, -0.1) is 0 Å². The van der Waals surface area contributed by atoms with Crippen LogP contribution in [0.3, 0.4) is 0 Å². The van der Waals surface area contributed by atoms with Crippen molar-refractivity contribution in [3.63, 3.8) is 0 Å². The number of ether oxygens (including phenoxy) is 3. The van der Waals surface area contributed by atoms with Crippen molar-refractivity contribution in [3.05, 3.63) is 47.3 Å². The normalized spacial score (nSPS) is 13.7. The molecule has 0 saturated carbocycles. The molecule has 0 aliphatic heterocycles. The number of carbonyl (C=O) groups is 2. The van der Waals surface area contributed by atoms with E-state index in [-0.39, 0.29) is 17.4 Å². The molecule has 0 bridgehead atoms. The van der Waals surface area contributed by atoms with Gasteiger partial charge in [-0.3, -0.25) is 4.79 Å². The Morgan fingerprint density at radius 2 is 1.80 bits per heavy atom. The molecule has 8 heteroatoms. The largest absolute Gasteiger partial charge is 0.503 e. The lowest BCUT2D eigenvalue weighted by Gasteiger charge is -2.24. The van der Waals surface area contributed by atoms with Crippen LogP contribution in [0.15, 0.2) is 30.5 Å². The first-order valence-electron chi connectivity index (χ1n) is 9.57. The monoisotopic (exact) mass is 416 g/mol. The van der Waals surface area contributed by atoms with Gasteiger partial charge in [-0.25, -0.2) is 9.78 Å². The second-order valence-corrected chi connectivity index (χ2v) is 7.06. The number of pyridine rings is 1. The number of benzene rings is 1. The summed E-state index contributed by atoms with van der Waals surface area (Å²) in [5, 5.41) is 12.5. The lowest BCUT2D eigenvalue weighted by molar-refractivity contribution is -0.151. The maximum absolute atomic E-state index is 12.5. The average Bonchev–Trinajstić information content (AvgIpc) is 2.72. The number of aromatic hydroxyl groups is 1. The zero-order chi connectivity index (χ0) is 22.4. The number of nitrogens with one attached hydrogen (secondary N) is 1. The van der Waals surface area contributed by atoms with Gasteiger partial charge in [-0.05, 0) is 44.0 Å². The molecule has 1 aromatic carbocycles. The fourth-order valence-electron chi connectivity index (χ4n) is 3.02. The summed E-state index contributed by atoms with van der Waals surface area (Å²) in [5.41, 5.74) is 1.84. The van der Waals surface area contributed by atoms with Crippen LogP contribution in [0.5, 0.6) is 17.2 Å². The highest BCUT2D eigenvalue weighted by molar-refractivity contribution is 5.97. The Morgan fingerprint density at radius 1 is 1.10 bits per heavy atom. The summed E-state index contributed by atoms with van der Waals surface area (Å²) < 4.78 is 15.7. The van der Waals surface area contributed by atoms with E-state index < -0.39 is 29.8 Å². The van der Waals surface area contributed by atoms with Gasteiger partial charge < -0.3 is 24.6 Å². The number of esters is 1. The van der Waals surface area contributed by atoms with Crippen LogP contribution in [0.25, 0.3) is 0 Å². The van der Waals surface area contributed by atoms with Crippen molar-refractivity contribution >= 4 is 11.9 Å². The van der Waals surface area contributed by atoms with Crippen LogP contribution in [0.4, 0.5) is 0 Å². The smallest absolute Gasteiger partial charge is 0.328 e. The minimum atomic E-state index is -0.934. The minimum Gasteiger partial charge on any atom is -0.503 e. The fraction of sp³-hybridized carbons (Fsp3) is 0.409. The van der Waals surface area contributed by atoms with E-state index in [0.29, 0.717) is 0 Å². The first kappa shape index (κ1) is 23.0. The van der Waals surface area contributed by atoms with Crippen LogP contribution < -0.4 is 14.8 Å². The summed E-state index contributed by atoms with van der Waals surface area (Å²) in [4.78, 5) is 28.7. The molecule has 1 heterocycles. The van der Waals surface area contributed by atoms with E-state index in [9.17, 15) is 14.7 Å². The first-order valence-corrected chi connectivity index (χ1v) is 9.57. The number of aryl methyl sites for hydroxylation is 1. The molecule has 2 rings (SSSR count). The first-order chi connectivity index (χ1) is 14.2. The maximum atomic E-state index is 12.5. The Labute approximate surface area is 176 Å². The number of rotatable bonds is 8. The van der Waals surface area contributed by atoms with Gasteiger partial charge in [-0.2, -0.15) is 0 Å². The molecule has 8 nitrogen and oxygen atoms in total. The Balaban J connectivity index is 2.02. The summed E-state index contributed by atoms with van der Waals surface area (Å²) in [6.45, 7) is 7.25. The molecule has 0 aliphatic rings. The highest BCUT2D eigenvalue weighted by Gasteiger charge is 2.26. The highest BCUT2D eigenvalue weighted by Crippen LogP contribution is 2.28. The summed E-state index contributed by atoms with van der Waals surface area (Å²) in [6, 6.07) is 6.23. The van der Waals surface area contributed by atoms with E-state index in [1.165, 1.54) is 26.3 Å². The quantitative estimate of drug-likeness (QED) is 0.637. The van der Waals surface area contributed by atoms with Gasteiger partial charge in [0.1, 0.15) is 17.9 Å². The van der Waals surface area contributed by atoms with Crippen molar-refractivity contribution < 1.29 is 28.9 Å². The summed E-state index contributed by atoms with van der Waals surface area (Å²) in [6.07, 6.45) is 0.907. The number of carbonyl (C=O) groups excluding carboxylic acids is 2. The zero-order valence-electron chi connectivity index (χ0n) is 18.1. The number of nitrogens with zero attached hydrogens (tertiary/aromatic N) is 1. The van der Waals surface area contributed by atoms with Crippen LogP contribution in [-0.2, 0) is 9.53 Å². The highest BCUT2D eigenvalue weighted by atomic mass is 16.5. The summed E-state index contributed by atoms with van der Waals surface area (Å²) in [5.74, 6) is -0.873. The number of hydrogen-bond donors (Lipinski definition) is 2. The van der Waals surface area contributed by atoms with Gasteiger partial charge in [-0.1, -0.05) is 13.0 Å². The Kier molecular flexibility index (Phi) is 7.63. The molecule has 2 aromatic rings. The van der Waals surface area contributed by atoms with Crippen molar-refractivity contribution in [2.24, 2.45) is 0 Å². The van der Waals surface area contributed by atoms with E-state index in [1.807, 2.05) is 32.0 Å². The van der Waals surface area contributed by atoms with Gasteiger partial charge in [0.25, 0.3) is 5.91 Å². The van der Waals surface area contributed by atoms with Crippen molar-refractivity contribution in [2.75, 3.05) is 14.2 Å². The van der Waals surface area contributed by atoms with Crippen molar-refractivity contribution in [2.45, 2.75) is 45.8 Å². The molecule has 3 atom stereocenters. The van der Waals surface area contributed by atoms with Crippen LogP contribution in [0.2, 0.25) is 0 Å². The zero-order valence-corrected chi connectivity index (χ0v) is 18.1. The molecule has 0 saturated heterocycles. The number of amides is 1. The van der Waals surface area contributed by atoms with Crippen LogP contribution in [-0.4, -0.2) is 48.3 Å². The fourth-order valence-corrected chi connectivity index (χ4v) is 3.02. The summed E-state index contributed by atoms with van der Waals surface area (Å²) in [7, 11) is 2.97. The SMILES string of the molecule is COc1ccc([C@H](C)[C@H](C)OC(=O)[C@@H](C)NC(=O)c2nccc(OC)c2O)c(C)c1. The van der Waals surface area contributed by atoms with Crippen molar-refractivity contribution in [1.29, 1.82) is 0 Å². The average molecular weight is 416 g/mol. The second-order valence-electron chi connectivity index (χ2n) is 7.06. The molecule has 30 heavy (non-hydrogen) atoms. The third-order valence-corrected chi connectivity index (χ3v) is 5.00. The lowest BCUT2D eigenvalue weighted by atomic mass is 9.92. The topological polar surface area (TPSA) is 107 Å². The summed E-state index contributed by atoms with van der Waals surface area (Å²) >= 11 is 0. The lowest BCUT2D eigenvalue weighted by Crippen LogP contribution is -2.41. The molecule has 2 N–H and O–H groups in total. The number of hydrogen-bond acceptors (Lipinski definition) is 7. The second kappa shape index (κ2) is 9.96. The van der Waals surface area contributed by atoms with Crippen LogP contribution in [0.1, 0.15) is 48.3 Å². The Bertz CT molecular complexity index is 914. The molecule has 1 aromatic heterocycles. The molecule has 0 unspecified atom stereocenters. The van der Waals surface area contributed by atoms with Gasteiger partial charge in [0.05, 0.1) is 14.2 Å².